The zero-order valence-corrected chi connectivity index (χ0v) is 27.5. The van der Waals surface area contributed by atoms with Crippen molar-refractivity contribution in [1.29, 1.82) is 5.26 Å². The summed E-state index contributed by atoms with van der Waals surface area (Å²) in [6, 6.07) is 52.9. The molecule has 10 rings (SSSR count). The highest BCUT2D eigenvalue weighted by Gasteiger charge is 2.24. The highest BCUT2D eigenvalue weighted by molar-refractivity contribution is 7.26. The fraction of sp³-hybridized carbons (Fsp3) is 0.0426. The van der Waals surface area contributed by atoms with E-state index < -0.39 is 0 Å². The molecular formula is C47H29NS. The quantitative estimate of drug-likeness (QED) is 0.176. The van der Waals surface area contributed by atoms with E-state index >= 15 is 0 Å². The summed E-state index contributed by atoms with van der Waals surface area (Å²) < 4.78 is 2.58. The summed E-state index contributed by atoms with van der Waals surface area (Å²) in [6.07, 6.45) is 6.77. The van der Waals surface area contributed by atoms with Crippen LogP contribution in [0.15, 0.2) is 146 Å². The number of hydrogen-bond donors (Lipinski definition) is 0. The third kappa shape index (κ3) is 4.16. The van der Waals surface area contributed by atoms with Crippen LogP contribution in [0.5, 0.6) is 0 Å². The Morgan fingerprint density at radius 2 is 1.14 bits per heavy atom. The zero-order valence-electron chi connectivity index (χ0n) is 26.7. The molecule has 0 unspecified atom stereocenters. The molecule has 9 aromatic rings. The van der Waals surface area contributed by atoms with Crippen LogP contribution in [-0.2, 0) is 6.42 Å². The Bertz CT molecular complexity index is 2830. The smallest absolute Gasteiger partial charge is 0.100 e. The molecular weight excluding hydrogens is 611 g/mol. The topological polar surface area (TPSA) is 23.8 Å². The maximum absolute atomic E-state index is 10.2. The van der Waals surface area contributed by atoms with Crippen LogP contribution in [0.25, 0.3) is 91.9 Å². The summed E-state index contributed by atoms with van der Waals surface area (Å²) >= 11 is 1.87. The third-order valence-corrected chi connectivity index (χ3v) is 11.5. The van der Waals surface area contributed by atoms with E-state index in [-0.39, 0.29) is 0 Å². The van der Waals surface area contributed by atoms with Crippen LogP contribution in [0.4, 0.5) is 0 Å². The first-order chi connectivity index (χ1) is 24.3. The molecule has 1 heterocycles. The van der Waals surface area contributed by atoms with Gasteiger partial charge in [0.15, 0.2) is 0 Å². The summed E-state index contributed by atoms with van der Waals surface area (Å²) in [5, 5.41) is 19.7. The number of allylic oxidation sites excluding steroid dienone is 1. The van der Waals surface area contributed by atoms with Gasteiger partial charge in [0.2, 0.25) is 0 Å². The molecule has 0 bridgehead atoms. The number of thiophene rings is 1. The largest absolute Gasteiger partial charge is 0.192 e. The summed E-state index contributed by atoms with van der Waals surface area (Å²) in [5.41, 5.74) is 11.2. The molecule has 0 radical (unpaired) electrons. The molecule has 0 saturated carbocycles. The molecule has 0 spiro atoms. The first-order valence-corrected chi connectivity index (χ1v) is 17.7. The normalized spacial score (nSPS) is 12.6. The van der Waals surface area contributed by atoms with E-state index in [4.69, 9.17) is 0 Å². The van der Waals surface area contributed by atoms with Crippen LogP contribution < -0.4 is 0 Å². The van der Waals surface area contributed by atoms with Gasteiger partial charge in [-0.05, 0) is 91.0 Å². The predicted molar refractivity (Wildman–Crippen MR) is 210 cm³/mol. The fourth-order valence-corrected chi connectivity index (χ4v) is 9.53. The molecule has 0 aliphatic heterocycles. The maximum atomic E-state index is 10.2. The van der Waals surface area contributed by atoms with Gasteiger partial charge in [0, 0.05) is 30.9 Å². The van der Waals surface area contributed by atoms with Crippen LogP contribution in [0.2, 0.25) is 0 Å². The highest BCUT2D eigenvalue weighted by Crippen LogP contribution is 2.49. The van der Waals surface area contributed by atoms with E-state index in [0.29, 0.717) is 0 Å². The average Bonchev–Trinajstić information content (AvgIpc) is 3.54. The van der Waals surface area contributed by atoms with E-state index in [2.05, 4.69) is 146 Å². The molecule has 49 heavy (non-hydrogen) atoms. The Kier molecular flexibility index (Phi) is 6.31. The molecule has 0 saturated heterocycles. The van der Waals surface area contributed by atoms with Crippen LogP contribution in [0.3, 0.4) is 0 Å². The van der Waals surface area contributed by atoms with Crippen molar-refractivity contribution < 1.29 is 0 Å². The number of benzene rings is 8. The molecule has 0 fully saturated rings. The van der Waals surface area contributed by atoms with Crippen molar-refractivity contribution in [3.63, 3.8) is 0 Å². The summed E-state index contributed by atoms with van der Waals surface area (Å²) in [4.78, 5) is 0. The minimum atomic E-state index is 0.742. The van der Waals surface area contributed by atoms with Crippen molar-refractivity contribution >= 4 is 69.9 Å². The monoisotopic (exact) mass is 639 g/mol. The Morgan fingerprint density at radius 3 is 1.84 bits per heavy atom. The van der Waals surface area contributed by atoms with Crippen molar-refractivity contribution in [3.8, 4) is 39.4 Å². The van der Waals surface area contributed by atoms with Crippen molar-refractivity contribution in [2.45, 2.75) is 12.8 Å². The van der Waals surface area contributed by atoms with Crippen molar-refractivity contribution in [2.75, 3.05) is 0 Å². The Balaban J connectivity index is 1.26. The number of nitrogens with zero attached hydrogens (tertiary/aromatic N) is 1. The zero-order chi connectivity index (χ0) is 32.5. The van der Waals surface area contributed by atoms with E-state index in [9.17, 15) is 5.26 Å². The van der Waals surface area contributed by atoms with Gasteiger partial charge in [0.1, 0.15) is 6.07 Å². The molecule has 8 aromatic carbocycles. The molecule has 0 amide bonds. The van der Waals surface area contributed by atoms with Gasteiger partial charge < -0.3 is 0 Å². The molecule has 0 atom stereocenters. The highest BCUT2D eigenvalue weighted by atomic mass is 32.1. The van der Waals surface area contributed by atoms with E-state index in [1.165, 1.54) is 75.5 Å². The summed E-state index contributed by atoms with van der Waals surface area (Å²) in [7, 11) is 0. The van der Waals surface area contributed by atoms with Crippen molar-refractivity contribution in [1.82, 2.24) is 0 Å². The van der Waals surface area contributed by atoms with E-state index in [0.717, 1.165) is 39.9 Å². The van der Waals surface area contributed by atoms with Gasteiger partial charge in [0.25, 0.3) is 0 Å². The molecule has 1 aromatic heterocycles. The van der Waals surface area contributed by atoms with E-state index in [1.807, 2.05) is 23.5 Å². The second-order valence-corrected chi connectivity index (χ2v) is 14.0. The predicted octanol–water partition coefficient (Wildman–Crippen LogP) is 13.3. The second-order valence-electron chi connectivity index (χ2n) is 12.9. The van der Waals surface area contributed by atoms with E-state index in [1.54, 1.807) is 0 Å². The van der Waals surface area contributed by atoms with Crippen LogP contribution >= 0.6 is 11.3 Å². The molecule has 1 aliphatic carbocycles. The lowest BCUT2D eigenvalue weighted by atomic mass is 9.79. The first kappa shape index (κ1) is 28.0. The lowest BCUT2D eigenvalue weighted by Crippen LogP contribution is -2.02. The first-order valence-electron chi connectivity index (χ1n) is 16.9. The van der Waals surface area contributed by atoms with Crippen LogP contribution in [0, 0.1) is 11.3 Å². The summed E-state index contributed by atoms with van der Waals surface area (Å²) in [5.74, 6) is 0. The van der Waals surface area contributed by atoms with Gasteiger partial charge in [-0.15, -0.1) is 11.3 Å². The number of fused-ring (bicyclic) bond motifs is 7. The fourth-order valence-electron chi connectivity index (χ4n) is 8.36. The number of rotatable bonds is 3. The lowest BCUT2D eigenvalue weighted by molar-refractivity contribution is 0.992. The second kappa shape index (κ2) is 11.0. The third-order valence-electron chi connectivity index (χ3n) is 10.4. The van der Waals surface area contributed by atoms with Crippen LogP contribution in [-0.4, -0.2) is 0 Å². The molecule has 1 aliphatic rings. The van der Waals surface area contributed by atoms with Crippen molar-refractivity contribution in [2.24, 2.45) is 0 Å². The minimum Gasteiger partial charge on any atom is -0.192 e. The maximum Gasteiger partial charge on any atom is 0.100 e. The number of hydrogen-bond acceptors (Lipinski definition) is 2. The van der Waals surface area contributed by atoms with Gasteiger partial charge in [-0.2, -0.15) is 5.26 Å². The molecule has 2 heteroatoms. The van der Waals surface area contributed by atoms with Gasteiger partial charge in [0.05, 0.1) is 5.56 Å². The standard InChI is InChI=1S/C47H29NS/c48-28-41-31-15-4-6-17-33(31)45(34-18-7-5-16-32(34)41)30-25-26-39-43(27-30)49-42-24-12-23-40(47(39)42)46-37-21-10-8-19-35(37)44(29-13-2-1-3-14-29)36-20-9-11-22-38(36)46/h1-10,12-21,23-27H,11,22H2. The summed E-state index contributed by atoms with van der Waals surface area (Å²) in [6.45, 7) is 0. The van der Waals surface area contributed by atoms with Gasteiger partial charge in [-0.3, -0.25) is 0 Å². The van der Waals surface area contributed by atoms with Crippen LogP contribution in [0.1, 0.15) is 23.1 Å². The Labute approximate surface area is 288 Å². The lowest BCUT2D eigenvalue weighted by Gasteiger charge is -2.24. The Morgan fingerprint density at radius 1 is 0.510 bits per heavy atom. The minimum absolute atomic E-state index is 0.742. The molecule has 1 nitrogen and oxygen atoms in total. The van der Waals surface area contributed by atoms with Gasteiger partial charge in [-0.25, -0.2) is 0 Å². The van der Waals surface area contributed by atoms with Gasteiger partial charge >= 0.3 is 0 Å². The molecule has 0 N–H and O–H groups in total. The number of nitriles is 1. The Hall–Kier alpha value is -6.01. The van der Waals surface area contributed by atoms with Gasteiger partial charge in [-0.1, -0.05) is 140 Å². The average molecular weight is 640 g/mol. The SMILES string of the molecule is N#Cc1c2ccccc2c(-c2ccc3c(c2)sc2cccc(-c4c5c(c(-c6ccccc6)c6ccccc46)C=CCC5)c23)c2ccccc12. The van der Waals surface area contributed by atoms with Crippen molar-refractivity contribution in [3.05, 3.63) is 162 Å². The molecule has 228 valence electrons.